The van der Waals surface area contributed by atoms with Crippen LogP contribution in [0.15, 0.2) is 110 Å². The molecule has 4 aromatic heterocycles. The molecule has 0 unspecified atom stereocenters. The molecule has 2 atom stereocenters. The lowest BCUT2D eigenvalue weighted by Crippen LogP contribution is -2.11. The van der Waals surface area contributed by atoms with Crippen molar-refractivity contribution in [1.82, 2.24) is 9.97 Å². The van der Waals surface area contributed by atoms with Gasteiger partial charge in [-0.05, 0) is 59.0 Å². The molecule has 0 aliphatic heterocycles. The number of hydrogen-bond donors (Lipinski definition) is 2. The van der Waals surface area contributed by atoms with Crippen molar-refractivity contribution in [2.45, 2.75) is 26.7 Å². The van der Waals surface area contributed by atoms with Crippen LogP contribution in [-0.2, 0) is 22.4 Å². The van der Waals surface area contributed by atoms with Crippen molar-refractivity contribution in [2.24, 2.45) is 11.8 Å². The van der Waals surface area contributed by atoms with E-state index in [1.807, 2.05) is 110 Å². The van der Waals surface area contributed by atoms with Crippen LogP contribution in [0.4, 0.5) is 0 Å². The molecule has 8 nitrogen and oxygen atoms in total. The number of fused-ring (bicyclic) bond motifs is 4. The van der Waals surface area contributed by atoms with E-state index in [-0.39, 0.29) is 0 Å². The predicted octanol–water partition coefficient (Wildman–Crippen LogP) is 10.5. The molecule has 4 aromatic carbocycles. The molecule has 0 saturated carbocycles. The number of thiophene rings is 2. The average molecular weight is 745 g/mol. The van der Waals surface area contributed by atoms with Gasteiger partial charge in [0.1, 0.15) is 0 Å². The fourth-order valence-electron chi connectivity index (χ4n) is 6.66. The van der Waals surface area contributed by atoms with E-state index >= 15 is 0 Å². The number of aliphatic carboxylic acids is 2. The van der Waals surface area contributed by atoms with Crippen LogP contribution in [0.25, 0.3) is 64.0 Å². The Labute approximate surface area is 318 Å². The molecule has 264 valence electrons. The Morgan fingerprint density at radius 1 is 0.593 bits per heavy atom. The number of pyridine rings is 2. The zero-order chi connectivity index (χ0) is 37.9. The zero-order valence-electron chi connectivity index (χ0n) is 29.3. The summed E-state index contributed by atoms with van der Waals surface area (Å²) in [6.07, 6.45) is 8.32. The highest BCUT2D eigenvalue weighted by atomic mass is 32.1. The smallest absolute Gasteiger partial charge is 0.306 e. The first-order valence-electron chi connectivity index (χ1n) is 17.2. The third-order valence-corrected chi connectivity index (χ3v) is 11.9. The van der Waals surface area contributed by atoms with Crippen LogP contribution in [0.3, 0.4) is 0 Å². The van der Waals surface area contributed by atoms with Gasteiger partial charge in [0.2, 0.25) is 0 Å². The van der Waals surface area contributed by atoms with Crippen LogP contribution < -0.4 is 0 Å². The highest BCUT2D eigenvalue weighted by molar-refractivity contribution is 7.20. The molecule has 0 spiro atoms. The Kier molecular flexibility index (Phi) is 10.1. The molecule has 8 aromatic rings. The lowest BCUT2D eigenvalue weighted by molar-refractivity contribution is -0.142. The van der Waals surface area contributed by atoms with Gasteiger partial charge in [-0.1, -0.05) is 74.5 Å². The van der Waals surface area contributed by atoms with Gasteiger partial charge in [0.25, 0.3) is 0 Å². The summed E-state index contributed by atoms with van der Waals surface area (Å²) in [6, 6.07) is 31.9. The third kappa shape index (κ3) is 7.01. The lowest BCUT2D eigenvalue weighted by Gasteiger charge is -2.09. The molecule has 54 heavy (non-hydrogen) atoms. The molecule has 2 N–H and O–H groups in total. The normalized spacial score (nSPS) is 12.1. The number of nitrogens with zero attached hydrogens (tertiary/aromatic N) is 4. The molecular weight excluding hydrogens is 713 g/mol. The average Bonchev–Trinajstić information content (AvgIpc) is 3.80. The Morgan fingerprint density at radius 2 is 0.981 bits per heavy atom. The number of carboxylic acids is 2. The number of aromatic nitrogens is 2. The Morgan fingerprint density at radius 3 is 1.35 bits per heavy atom. The van der Waals surface area contributed by atoms with Gasteiger partial charge < -0.3 is 10.2 Å². The van der Waals surface area contributed by atoms with Gasteiger partial charge in [0, 0.05) is 76.6 Å². The molecule has 0 aliphatic rings. The van der Waals surface area contributed by atoms with Crippen molar-refractivity contribution in [3.05, 3.63) is 131 Å². The SMILES string of the molecule is C[C@@H](Cc1cc2cncc(-c3ccc(C#N)c4ccccc34)c2s1)C(=O)O.C[C@H](Cc1cc2cncc(-c3ccc(C#N)c4ccccc34)c2s1)C(=O)O. The van der Waals surface area contributed by atoms with Crippen LogP contribution >= 0.6 is 22.7 Å². The molecular formula is C44H32N4O4S2. The second-order valence-corrected chi connectivity index (χ2v) is 15.4. The summed E-state index contributed by atoms with van der Waals surface area (Å²) in [4.78, 5) is 33.2. The fourth-order valence-corrected chi connectivity index (χ4v) is 9.22. The van der Waals surface area contributed by atoms with E-state index in [2.05, 4.69) is 22.1 Å². The van der Waals surface area contributed by atoms with Crippen molar-refractivity contribution in [3.63, 3.8) is 0 Å². The summed E-state index contributed by atoms with van der Waals surface area (Å²) < 4.78 is 2.18. The van der Waals surface area contributed by atoms with E-state index in [1.54, 1.807) is 36.5 Å². The van der Waals surface area contributed by atoms with E-state index < -0.39 is 23.8 Å². The van der Waals surface area contributed by atoms with Crippen LogP contribution in [0, 0.1) is 34.5 Å². The minimum Gasteiger partial charge on any atom is -0.481 e. The molecule has 0 aliphatic carbocycles. The highest BCUT2D eigenvalue weighted by Gasteiger charge is 2.18. The summed E-state index contributed by atoms with van der Waals surface area (Å²) in [6.45, 7) is 3.44. The minimum atomic E-state index is -0.788. The molecule has 10 heteroatoms. The molecule has 0 radical (unpaired) electrons. The van der Waals surface area contributed by atoms with Gasteiger partial charge in [-0.2, -0.15) is 10.5 Å². The van der Waals surface area contributed by atoms with E-state index in [1.165, 1.54) is 0 Å². The molecule has 0 fully saturated rings. The number of nitriles is 2. The molecule has 0 amide bonds. The van der Waals surface area contributed by atoms with Gasteiger partial charge in [0.15, 0.2) is 0 Å². The standard InChI is InChI=1S/2C22H16N2O2S/c2*1-13(22(25)26)8-16-9-15-11-24-12-20(21(15)27-16)19-7-6-14(10-23)17-4-2-3-5-18(17)19/h2*2-7,9,11-13H,8H2,1H3,(H,25,26)/t2*13-/m10/s1. The van der Waals surface area contributed by atoms with Gasteiger partial charge >= 0.3 is 11.9 Å². The van der Waals surface area contributed by atoms with E-state index in [9.17, 15) is 30.3 Å². The highest BCUT2D eigenvalue weighted by Crippen LogP contribution is 2.40. The third-order valence-electron chi connectivity index (χ3n) is 9.47. The first-order valence-corrected chi connectivity index (χ1v) is 18.8. The number of hydrogen-bond acceptors (Lipinski definition) is 8. The second-order valence-electron chi connectivity index (χ2n) is 13.2. The van der Waals surface area contributed by atoms with Gasteiger partial charge in [-0.3, -0.25) is 19.6 Å². The summed E-state index contributed by atoms with van der Waals surface area (Å²) in [5, 5.41) is 43.1. The van der Waals surface area contributed by atoms with Crippen molar-refractivity contribution in [3.8, 4) is 34.4 Å². The predicted molar refractivity (Wildman–Crippen MR) is 216 cm³/mol. The molecule has 0 saturated heterocycles. The van der Waals surface area contributed by atoms with Crippen molar-refractivity contribution in [2.75, 3.05) is 0 Å². The van der Waals surface area contributed by atoms with E-state index in [0.717, 1.165) is 73.7 Å². The maximum atomic E-state index is 11.2. The Bertz CT molecular complexity index is 2630. The van der Waals surface area contributed by atoms with E-state index in [0.29, 0.717) is 24.0 Å². The van der Waals surface area contributed by atoms with Crippen molar-refractivity contribution in [1.29, 1.82) is 10.5 Å². The Hall–Kier alpha value is -6.46. The number of rotatable bonds is 8. The first kappa shape index (κ1) is 35.9. The van der Waals surface area contributed by atoms with Gasteiger partial charge in [-0.15, -0.1) is 22.7 Å². The topological polar surface area (TPSA) is 148 Å². The largest absolute Gasteiger partial charge is 0.481 e. The van der Waals surface area contributed by atoms with Crippen molar-refractivity contribution < 1.29 is 19.8 Å². The van der Waals surface area contributed by atoms with Crippen LogP contribution in [0.2, 0.25) is 0 Å². The molecule has 0 bridgehead atoms. The van der Waals surface area contributed by atoms with E-state index in [4.69, 9.17) is 0 Å². The summed E-state index contributed by atoms with van der Waals surface area (Å²) >= 11 is 3.23. The van der Waals surface area contributed by atoms with Crippen LogP contribution in [0.1, 0.15) is 34.7 Å². The summed E-state index contributed by atoms with van der Waals surface area (Å²) in [7, 11) is 0. The monoisotopic (exact) mass is 744 g/mol. The van der Waals surface area contributed by atoms with Gasteiger partial charge in [-0.25, -0.2) is 0 Å². The maximum absolute atomic E-state index is 11.2. The fraction of sp³-hybridized carbons (Fsp3) is 0.136. The lowest BCUT2D eigenvalue weighted by atomic mass is 9.96. The second kappa shape index (κ2) is 15.3. The minimum absolute atomic E-state index is 0.426. The first-order chi connectivity index (χ1) is 26.2. The summed E-state index contributed by atoms with van der Waals surface area (Å²) in [5.41, 5.74) is 5.37. The number of carboxylic acid groups (broad SMARTS) is 2. The van der Waals surface area contributed by atoms with Crippen LogP contribution in [-0.4, -0.2) is 32.1 Å². The molecule has 4 heterocycles. The zero-order valence-corrected chi connectivity index (χ0v) is 30.9. The molecule has 8 rings (SSSR count). The maximum Gasteiger partial charge on any atom is 0.306 e. The quantitative estimate of drug-likeness (QED) is 0.156. The number of carbonyl (C=O) groups is 2. The van der Waals surface area contributed by atoms with Crippen molar-refractivity contribution >= 4 is 76.3 Å². The summed E-state index contributed by atoms with van der Waals surface area (Å²) in [5.74, 6) is -2.43. The van der Waals surface area contributed by atoms with Crippen LogP contribution in [0.5, 0.6) is 0 Å². The number of benzene rings is 4. The van der Waals surface area contributed by atoms with Gasteiger partial charge in [0.05, 0.1) is 35.1 Å². The Balaban J connectivity index is 0.000000167.